The van der Waals surface area contributed by atoms with Gasteiger partial charge in [-0.05, 0) is 31.0 Å². The number of rotatable bonds is 4. The van der Waals surface area contributed by atoms with Crippen molar-refractivity contribution in [1.29, 1.82) is 0 Å². The Bertz CT molecular complexity index is 772. The van der Waals surface area contributed by atoms with E-state index in [9.17, 15) is 0 Å². The number of aromatic amines is 1. The van der Waals surface area contributed by atoms with E-state index in [-0.39, 0.29) is 0 Å². The summed E-state index contributed by atoms with van der Waals surface area (Å²) in [4.78, 5) is 6.82. The van der Waals surface area contributed by atoms with E-state index >= 15 is 0 Å². The second-order valence-electron chi connectivity index (χ2n) is 6.39. The molecule has 0 fully saturated rings. The lowest BCUT2D eigenvalue weighted by atomic mass is 9.98. The molecule has 0 amide bonds. The van der Waals surface area contributed by atoms with Gasteiger partial charge in [-0.2, -0.15) is 5.10 Å². The van der Waals surface area contributed by atoms with Gasteiger partial charge in [0.05, 0.1) is 11.7 Å². The summed E-state index contributed by atoms with van der Waals surface area (Å²) in [6.07, 6.45) is 8.23. The SMILES string of the molecule is CN(Cc1ccc2cn[nH]c2c1)C[C@H]1CCc2nccn2C1. The summed E-state index contributed by atoms with van der Waals surface area (Å²) in [5, 5.41) is 8.30. The van der Waals surface area contributed by atoms with Crippen LogP contribution in [0.3, 0.4) is 0 Å². The third kappa shape index (κ3) is 2.64. The summed E-state index contributed by atoms with van der Waals surface area (Å²) >= 11 is 0. The quantitative estimate of drug-likeness (QED) is 0.804. The minimum absolute atomic E-state index is 0.711. The van der Waals surface area contributed by atoms with Crippen LogP contribution in [0.15, 0.2) is 36.8 Å². The van der Waals surface area contributed by atoms with Crippen LogP contribution in [0, 0.1) is 5.92 Å². The molecule has 0 aliphatic carbocycles. The smallest absolute Gasteiger partial charge is 0.108 e. The summed E-state index contributed by atoms with van der Waals surface area (Å²) in [7, 11) is 2.21. The number of hydrogen-bond donors (Lipinski definition) is 1. The van der Waals surface area contributed by atoms with Crippen LogP contribution in [0.4, 0.5) is 0 Å². The van der Waals surface area contributed by atoms with Crippen molar-refractivity contribution in [1.82, 2.24) is 24.6 Å². The summed E-state index contributed by atoms with van der Waals surface area (Å²) in [5.41, 5.74) is 2.45. The average Bonchev–Trinajstić information content (AvgIpc) is 3.14. The Labute approximate surface area is 130 Å². The van der Waals surface area contributed by atoms with Crippen LogP contribution in [0.25, 0.3) is 10.9 Å². The maximum atomic E-state index is 4.40. The molecule has 5 heteroatoms. The topological polar surface area (TPSA) is 49.7 Å². The third-order valence-corrected chi connectivity index (χ3v) is 4.56. The van der Waals surface area contributed by atoms with Crippen molar-refractivity contribution in [3.8, 4) is 0 Å². The normalized spacial score (nSPS) is 18.0. The molecular formula is C17H21N5. The molecule has 1 N–H and O–H groups in total. The monoisotopic (exact) mass is 295 g/mol. The zero-order valence-electron chi connectivity index (χ0n) is 12.9. The van der Waals surface area contributed by atoms with Crippen LogP contribution in [0.1, 0.15) is 17.8 Å². The predicted octanol–water partition coefficient (Wildman–Crippen LogP) is 2.45. The molecule has 114 valence electrons. The molecule has 4 rings (SSSR count). The summed E-state index contributed by atoms with van der Waals surface area (Å²) < 4.78 is 2.30. The van der Waals surface area contributed by atoms with Gasteiger partial charge in [0, 0.05) is 43.8 Å². The second-order valence-corrected chi connectivity index (χ2v) is 6.39. The van der Waals surface area contributed by atoms with E-state index in [1.165, 1.54) is 23.2 Å². The molecule has 0 radical (unpaired) electrons. The summed E-state index contributed by atoms with van der Waals surface area (Å²) in [6, 6.07) is 6.54. The highest BCUT2D eigenvalue weighted by molar-refractivity contribution is 5.78. The van der Waals surface area contributed by atoms with Gasteiger partial charge in [-0.3, -0.25) is 5.10 Å². The summed E-state index contributed by atoms with van der Waals surface area (Å²) in [5.74, 6) is 1.95. The van der Waals surface area contributed by atoms with Crippen molar-refractivity contribution < 1.29 is 0 Å². The number of nitrogens with zero attached hydrogens (tertiary/aromatic N) is 4. The fourth-order valence-corrected chi connectivity index (χ4v) is 3.49. The van der Waals surface area contributed by atoms with E-state index in [1.807, 2.05) is 12.4 Å². The number of fused-ring (bicyclic) bond motifs is 2. The van der Waals surface area contributed by atoms with Crippen LogP contribution in [0.2, 0.25) is 0 Å². The van der Waals surface area contributed by atoms with Crippen molar-refractivity contribution in [2.24, 2.45) is 5.92 Å². The van der Waals surface area contributed by atoms with Gasteiger partial charge in [0.25, 0.3) is 0 Å². The van der Waals surface area contributed by atoms with Crippen molar-refractivity contribution in [2.45, 2.75) is 25.9 Å². The van der Waals surface area contributed by atoms with Gasteiger partial charge in [-0.1, -0.05) is 12.1 Å². The van der Waals surface area contributed by atoms with Gasteiger partial charge >= 0.3 is 0 Å². The van der Waals surface area contributed by atoms with Crippen molar-refractivity contribution in [2.75, 3.05) is 13.6 Å². The molecule has 5 nitrogen and oxygen atoms in total. The van der Waals surface area contributed by atoms with E-state index in [2.05, 4.69) is 56.1 Å². The molecule has 0 saturated heterocycles. The number of aromatic nitrogens is 4. The van der Waals surface area contributed by atoms with Gasteiger partial charge in [0.15, 0.2) is 0 Å². The lowest BCUT2D eigenvalue weighted by Crippen LogP contribution is -2.31. The first-order valence-electron chi connectivity index (χ1n) is 7.88. The van der Waals surface area contributed by atoms with Crippen molar-refractivity contribution in [3.05, 3.63) is 48.2 Å². The number of benzene rings is 1. The van der Waals surface area contributed by atoms with E-state index in [4.69, 9.17) is 0 Å². The highest BCUT2D eigenvalue weighted by atomic mass is 15.1. The molecule has 0 spiro atoms. The minimum atomic E-state index is 0.711. The fourth-order valence-electron chi connectivity index (χ4n) is 3.49. The van der Waals surface area contributed by atoms with Gasteiger partial charge < -0.3 is 9.47 Å². The Hall–Kier alpha value is -2.14. The molecule has 3 aromatic rings. The minimum Gasteiger partial charge on any atom is -0.335 e. The van der Waals surface area contributed by atoms with E-state index < -0.39 is 0 Å². The largest absolute Gasteiger partial charge is 0.335 e. The highest BCUT2D eigenvalue weighted by Gasteiger charge is 2.20. The van der Waals surface area contributed by atoms with Gasteiger partial charge in [-0.25, -0.2) is 4.98 Å². The molecule has 0 saturated carbocycles. The van der Waals surface area contributed by atoms with E-state index in [1.54, 1.807) is 0 Å². The average molecular weight is 295 g/mol. The molecule has 2 aromatic heterocycles. The lowest BCUT2D eigenvalue weighted by molar-refractivity contribution is 0.229. The lowest BCUT2D eigenvalue weighted by Gasteiger charge is -2.28. The molecule has 1 aliphatic heterocycles. The molecule has 22 heavy (non-hydrogen) atoms. The van der Waals surface area contributed by atoms with Crippen LogP contribution < -0.4 is 0 Å². The van der Waals surface area contributed by atoms with Crippen molar-refractivity contribution in [3.63, 3.8) is 0 Å². The highest BCUT2D eigenvalue weighted by Crippen LogP contribution is 2.20. The summed E-state index contributed by atoms with van der Waals surface area (Å²) in [6.45, 7) is 3.19. The Morgan fingerprint density at radius 2 is 2.36 bits per heavy atom. The number of aryl methyl sites for hydroxylation is 1. The Balaban J connectivity index is 1.39. The van der Waals surface area contributed by atoms with Crippen LogP contribution in [-0.4, -0.2) is 38.2 Å². The first-order valence-corrected chi connectivity index (χ1v) is 7.88. The first kappa shape index (κ1) is 13.5. The molecule has 1 atom stereocenters. The number of nitrogens with one attached hydrogen (secondary N) is 1. The van der Waals surface area contributed by atoms with Gasteiger partial charge in [-0.15, -0.1) is 0 Å². The van der Waals surface area contributed by atoms with E-state index in [0.29, 0.717) is 5.92 Å². The Morgan fingerprint density at radius 3 is 3.32 bits per heavy atom. The molecule has 0 bridgehead atoms. The molecule has 3 heterocycles. The van der Waals surface area contributed by atoms with Gasteiger partial charge in [0.1, 0.15) is 5.82 Å². The van der Waals surface area contributed by atoms with Crippen molar-refractivity contribution >= 4 is 10.9 Å². The first-order chi connectivity index (χ1) is 10.8. The third-order valence-electron chi connectivity index (χ3n) is 4.56. The number of imidazole rings is 1. The Kier molecular flexibility index (Phi) is 3.42. The van der Waals surface area contributed by atoms with E-state index in [0.717, 1.165) is 31.6 Å². The fraction of sp³-hybridized carbons (Fsp3) is 0.412. The van der Waals surface area contributed by atoms with Crippen LogP contribution in [-0.2, 0) is 19.5 Å². The Morgan fingerprint density at radius 1 is 1.41 bits per heavy atom. The molecular weight excluding hydrogens is 274 g/mol. The standard InChI is InChI=1S/C17H21N5/c1-21(10-13-2-4-15-9-19-20-16(15)8-13)11-14-3-5-17-18-6-7-22(17)12-14/h2,4,6-9,14H,3,5,10-12H2,1H3,(H,19,20)/t14-/m1/s1. The number of H-pyrrole nitrogens is 1. The van der Waals surface area contributed by atoms with Gasteiger partial charge in [0.2, 0.25) is 0 Å². The predicted molar refractivity (Wildman–Crippen MR) is 86.5 cm³/mol. The zero-order valence-corrected chi connectivity index (χ0v) is 12.9. The van der Waals surface area contributed by atoms with Crippen LogP contribution in [0.5, 0.6) is 0 Å². The molecule has 1 aliphatic rings. The molecule has 1 aromatic carbocycles. The zero-order chi connectivity index (χ0) is 14.9. The maximum Gasteiger partial charge on any atom is 0.108 e. The maximum absolute atomic E-state index is 4.40. The van der Waals surface area contributed by atoms with Crippen LogP contribution >= 0.6 is 0 Å². The molecule has 0 unspecified atom stereocenters. The number of hydrogen-bond acceptors (Lipinski definition) is 3. The second kappa shape index (κ2) is 5.57.